The molecule has 0 atom stereocenters. The third kappa shape index (κ3) is 2.88. The van der Waals surface area contributed by atoms with E-state index in [2.05, 4.69) is 29.4 Å². The molecule has 0 unspecified atom stereocenters. The van der Waals surface area contributed by atoms with Gasteiger partial charge < -0.3 is 11.1 Å². The molecule has 18 heavy (non-hydrogen) atoms. The van der Waals surface area contributed by atoms with Crippen molar-refractivity contribution in [3.63, 3.8) is 0 Å². The van der Waals surface area contributed by atoms with Crippen LogP contribution in [0.25, 0.3) is 0 Å². The third-order valence-electron chi connectivity index (χ3n) is 2.51. The Labute approximate surface area is 114 Å². The number of amides is 1. The van der Waals surface area contributed by atoms with Crippen molar-refractivity contribution < 1.29 is 4.79 Å². The Hall–Kier alpha value is -1.40. The quantitative estimate of drug-likeness (QED) is 0.905. The van der Waals surface area contributed by atoms with Crippen LogP contribution in [-0.2, 0) is 13.0 Å². The highest BCUT2D eigenvalue weighted by Crippen LogP contribution is 2.20. The number of aryl methyl sites for hydroxylation is 2. The smallest absolute Gasteiger partial charge is 0.263 e. The van der Waals surface area contributed by atoms with E-state index in [0.29, 0.717) is 22.2 Å². The number of nitrogens with one attached hydrogen (secondary N) is 1. The molecule has 0 aliphatic carbocycles. The van der Waals surface area contributed by atoms with Gasteiger partial charge in [0.15, 0.2) is 5.13 Å². The topological polar surface area (TPSA) is 68.0 Å². The number of hydrogen-bond donors (Lipinski definition) is 2. The summed E-state index contributed by atoms with van der Waals surface area (Å²) in [5.41, 5.74) is 6.27. The lowest BCUT2D eigenvalue weighted by atomic mass is 10.3. The molecular weight excluding hydrogens is 266 g/mol. The van der Waals surface area contributed by atoms with Gasteiger partial charge in [-0.3, -0.25) is 4.79 Å². The third-order valence-corrected chi connectivity index (χ3v) is 4.72. The standard InChI is InChI=1S/C12H15N3OS2/c1-3-8-4-5-9(17-8)6-14-11(16)10-7(2)15-12(13)18-10/h4-5H,3,6H2,1-2H3,(H2,13,15)(H,14,16). The van der Waals surface area contributed by atoms with Gasteiger partial charge in [-0.2, -0.15) is 0 Å². The number of nitrogens with zero attached hydrogens (tertiary/aromatic N) is 1. The molecule has 0 aliphatic rings. The number of hydrogen-bond acceptors (Lipinski definition) is 5. The van der Waals surface area contributed by atoms with Crippen LogP contribution in [0.4, 0.5) is 5.13 Å². The van der Waals surface area contributed by atoms with Gasteiger partial charge in [0.1, 0.15) is 4.88 Å². The first-order valence-corrected chi connectivity index (χ1v) is 7.32. The normalized spacial score (nSPS) is 10.6. The number of thiazole rings is 1. The highest BCUT2D eigenvalue weighted by atomic mass is 32.1. The van der Waals surface area contributed by atoms with Crippen LogP contribution in [0, 0.1) is 6.92 Å². The Balaban J connectivity index is 1.98. The predicted molar refractivity (Wildman–Crippen MR) is 76.1 cm³/mol. The van der Waals surface area contributed by atoms with Crippen LogP contribution in [0.3, 0.4) is 0 Å². The second kappa shape index (κ2) is 5.49. The first kappa shape index (κ1) is 13.0. The van der Waals surface area contributed by atoms with Crippen LogP contribution < -0.4 is 11.1 Å². The number of nitrogens with two attached hydrogens (primary N) is 1. The van der Waals surface area contributed by atoms with Crippen molar-refractivity contribution in [1.82, 2.24) is 10.3 Å². The molecule has 6 heteroatoms. The second-order valence-electron chi connectivity index (χ2n) is 3.87. The van der Waals surface area contributed by atoms with Crippen LogP contribution in [0.1, 0.15) is 32.0 Å². The fourth-order valence-corrected chi connectivity index (χ4v) is 3.23. The number of anilines is 1. The van der Waals surface area contributed by atoms with E-state index in [1.165, 1.54) is 16.2 Å². The zero-order chi connectivity index (χ0) is 13.1. The molecule has 0 saturated carbocycles. The Morgan fingerprint density at radius 1 is 1.39 bits per heavy atom. The minimum absolute atomic E-state index is 0.104. The van der Waals surface area contributed by atoms with Gasteiger partial charge in [0.05, 0.1) is 12.2 Å². The molecule has 0 spiro atoms. The van der Waals surface area contributed by atoms with E-state index < -0.39 is 0 Å². The molecule has 1 amide bonds. The number of rotatable bonds is 4. The summed E-state index contributed by atoms with van der Waals surface area (Å²) in [4.78, 5) is 19.1. The van der Waals surface area contributed by atoms with Crippen molar-refractivity contribution in [2.75, 3.05) is 5.73 Å². The largest absolute Gasteiger partial charge is 0.375 e. The summed E-state index contributed by atoms with van der Waals surface area (Å²) < 4.78 is 0. The van der Waals surface area contributed by atoms with Gasteiger partial charge >= 0.3 is 0 Å². The van der Waals surface area contributed by atoms with Gasteiger partial charge in [0.2, 0.25) is 0 Å². The number of carbonyl (C=O) groups is 1. The van der Waals surface area contributed by atoms with Crippen molar-refractivity contribution >= 4 is 33.7 Å². The molecule has 0 aliphatic heterocycles. The zero-order valence-corrected chi connectivity index (χ0v) is 12.0. The summed E-state index contributed by atoms with van der Waals surface area (Å²) in [5, 5.41) is 3.33. The Kier molecular flexibility index (Phi) is 3.98. The van der Waals surface area contributed by atoms with Gasteiger partial charge in [-0.05, 0) is 25.5 Å². The van der Waals surface area contributed by atoms with E-state index in [9.17, 15) is 4.79 Å². The fraction of sp³-hybridized carbons (Fsp3) is 0.333. The molecule has 0 radical (unpaired) electrons. The van der Waals surface area contributed by atoms with Gasteiger partial charge in [0.25, 0.3) is 5.91 Å². The Bertz CT molecular complexity index is 559. The summed E-state index contributed by atoms with van der Waals surface area (Å²) in [6, 6.07) is 4.15. The summed E-state index contributed by atoms with van der Waals surface area (Å²) in [6.07, 6.45) is 1.03. The molecule has 4 nitrogen and oxygen atoms in total. The number of carbonyl (C=O) groups excluding carboxylic acids is 1. The lowest BCUT2D eigenvalue weighted by Gasteiger charge is -2.01. The molecule has 96 valence electrons. The predicted octanol–water partition coefficient (Wildman–Crippen LogP) is 2.59. The van der Waals surface area contributed by atoms with E-state index in [0.717, 1.165) is 11.3 Å². The summed E-state index contributed by atoms with van der Waals surface area (Å²) in [6.45, 7) is 4.47. The second-order valence-corrected chi connectivity index (χ2v) is 6.15. The van der Waals surface area contributed by atoms with Crippen LogP contribution in [0.15, 0.2) is 12.1 Å². The monoisotopic (exact) mass is 281 g/mol. The van der Waals surface area contributed by atoms with E-state index >= 15 is 0 Å². The van der Waals surface area contributed by atoms with E-state index in [1.807, 2.05) is 0 Å². The molecule has 2 aromatic heterocycles. The van der Waals surface area contributed by atoms with Crippen LogP contribution in [-0.4, -0.2) is 10.9 Å². The fourth-order valence-electron chi connectivity index (χ4n) is 1.58. The van der Waals surface area contributed by atoms with Crippen LogP contribution >= 0.6 is 22.7 Å². The molecule has 2 rings (SSSR count). The van der Waals surface area contributed by atoms with E-state index in [1.54, 1.807) is 18.3 Å². The Morgan fingerprint density at radius 3 is 2.67 bits per heavy atom. The van der Waals surface area contributed by atoms with Crippen molar-refractivity contribution in [3.8, 4) is 0 Å². The van der Waals surface area contributed by atoms with Gasteiger partial charge in [-0.25, -0.2) is 4.98 Å². The van der Waals surface area contributed by atoms with Crippen LogP contribution in [0.5, 0.6) is 0 Å². The first-order chi connectivity index (χ1) is 8.60. The van der Waals surface area contributed by atoms with Crippen LogP contribution in [0.2, 0.25) is 0 Å². The number of aromatic nitrogens is 1. The minimum atomic E-state index is -0.104. The maximum atomic E-state index is 11.9. The van der Waals surface area contributed by atoms with Gasteiger partial charge in [0, 0.05) is 9.75 Å². The summed E-state index contributed by atoms with van der Waals surface area (Å²) >= 11 is 2.95. The minimum Gasteiger partial charge on any atom is -0.375 e. The lowest BCUT2D eigenvalue weighted by Crippen LogP contribution is -2.22. The lowest BCUT2D eigenvalue weighted by molar-refractivity contribution is 0.0954. The Morgan fingerprint density at radius 2 is 2.11 bits per heavy atom. The number of thiophene rings is 1. The molecule has 2 aromatic rings. The maximum Gasteiger partial charge on any atom is 0.263 e. The highest BCUT2D eigenvalue weighted by Gasteiger charge is 2.13. The molecular formula is C12H15N3OS2. The highest BCUT2D eigenvalue weighted by molar-refractivity contribution is 7.17. The van der Waals surface area contributed by atoms with Crippen molar-refractivity contribution in [3.05, 3.63) is 32.5 Å². The molecule has 0 bridgehead atoms. The molecule has 0 aromatic carbocycles. The van der Waals surface area contributed by atoms with Crippen molar-refractivity contribution in [2.45, 2.75) is 26.8 Å². The van der Waals surface area contributed by atoms with Crippen molar-refractivity contribution in [2.24, 2.45) is 0 Å². The average molecular weight is 281 g/mol. The van der Waals surface area contributed by atoms with Crippen molar-refractivity contribution in [1.29, 1.82) is 0 Å². The maximum absolute atomic E-state index is 11.9. The molecule has 2 heterocycles. The van der Waals surface area contributed by atoms with Gasteiger partial charge in [-0.15, -0.1) is 11.3 Å². The van der Waals surface area contributed by atoms with Gasteiger partial charge in [-0.1, -0.05) is 18.3 Å². The van der Waals surface area contributed by atoms with E-state index in [4.69, 9.17) is 5.73 Å². The summed E-state index contributed by atoms with van der Waals surface area (Å²) in [7, 11) is 0. The molecule has 0 saturated heterocycles. The number of nitrogen functional groups attached to an aromatic ring is 1. The molecule has 0 fully saturated rings. The first-order valence-electron chi connectivity index (χ1n) is 5.68. The SMILES string of the molecule is CCc1ccc(CNC(=O)c2sc(N)nc2C)s1. The van der Waals surface area contributed by atoms with E-state index in [-0.39, 0.29) is 5.91 Å². The average Bonchev–Trinajstić information content (AvgIpc) is 2.92. The molecule has 3 N–H and O–H groups in total. The summed E-state index contributed by atoms with van der Waals surface area (Å²) in [5.74, 6) is -0.104. The zero-order valence-electron chi connectivity index (χ0n) is 10.3.